The zero-order valence-corrected chi connectivity index (χ0v) is 7.53. The van der Waals surface area contributed by atoms with E-state index in [1.54, 1.807) is 4.90 Å². The molecule has 1 aromatic rings. The lowest BCUT2D eigenvalue weighted by molar-refractivity contribution is 0.0488. The average molecular weight is 180 g/mol. The SMILES string of the molecule is CCC1CN(C(=O)c2cn[nH]n2)C1. The van der Waals surface area contributed by atoms with Crippen LogP contribution in [-0.4, -0.2) is 39.3 Å². The van der Waals surface area contributed by atoms with Gasteiger partial charge in [0.2, 0.25) is 0 Å². The zero-order valence-electron chi connectivity index (χ0n) is 7.53. The molecule has 1 aromatic heterocycles. The van der Waals surface area contributed by atoms with Crippen molar-refractivity contribution in [2.24, 2.45) is 5.92 Å². The molecule has 5 nitrogen and oxygen atoms in total. The minimum absolute atomic E-state index is 0.0153. The van der Waals surface area contributed by atoms with Crippen LogP contribution in [0.3, 0.4) is 0 Å². The predicted octanol–water partition coefficient (Wildman–Crippen LogP) is 0.287. The van der Waals surface area contributed by atoms with Crippen LogP contribution in [0.15, 0.2) is 6.20 Å². The van der Waals surface area contributed by atoms with Gasteiger partial charge in [-0.05, 0) is 12.3 Å². The summed E-state index contributed by atoms with van der Waals surface area (Å²) in [7, 11) is 0. The first-order chi connectivity index (χ1) is 6.31. The van der Waals surface area contributed by atoms with Gasteiger partial charge in [-0.25, -0.2) is 0 Å². The van der Waals surface area contributed by atoms with Crippen molar-refractivity contribution in [3.63, 3.8) is 0 Å². The molecule has 0 atom stereocenters. The highest BCUT2D eigenvalue weighted by Crippen LogP contribution is 2.19. The first-order valence-electron chi connectivity index (χ1n) is 4.46. The van der Waals surface area contributed by atoms with Gasteiger partial charge < -0.3 is 4.90 Å². The third-order valence-corrected chi connectivity index (χ3v) is 2.46. The molecule has 0 spiro atoms. The quantitative estimate of drug-likeness (QED) is 0.711. The summed E-state index contributed by atoms with van der Waals surface area (Å²) in [5.74, 6) is 0.661. The fraction of sp³-hybridized carbons (Fsp3) is 0.625. The molecule has 5 heteroatoms. The van der Waals surface area contributed by atoms with Gasteiger partial charge in [0.1, 0.15) is 0 Å². The minimum atomic E-state index is -0.0153. The van der Waals surface area contributed by atoms with Crippen molar-refractivity contribution in [1.82, 2.24) is 20.3 Å². The summed E-state index contributed by atoms with van der Waals surface area (Å²) < 4.78 is 0. The number of rotatable bonds is 2. The number of carbonyl (C=O) groups excluding carboxylic acids is 1. The Morgan fingerprint density at radius 1 is 1.77 bits per heavy atom. The maximum absolute atomic E-state index is 11.6. The smallest absolute Gasteiger partial charge is 0.276 e. The number of H-pyrrole nitrogens is 1. The number of hydrogen-bond acceptors (Lipinski definition) is 3. The molecule has 2 rings (SSSR count). The van der Waals surface area contributed by atoms with Crippen LogP contribution in [0.1, 0.15) is 23.8 Å². The highest BCUT2D eigenvalue weighted by atomic mass is 16.2. The number of carbonyl (C=O) groups is 1. The molecule has 1 aliphatic heterocycles. The Labute approximate surface area is 76.1 Å². The molecule has 1 fully saturated rings. The number of nitrogens with one attached hydrogen (secondary N) is 1. The molecule has 13 heavy (non-hydrogen) atoms. The van der Waals surface area contributed by atoms with Crippen LogP contribution in [0.4, 0.5) is 0 Å². The lowest BCUT2D eigenvalue weighted by Crippen LogP contribution is -2.49. The third-order valence-electron chi connectivity index (χ3n) is 2.46. The van der Waals surface area contributed by atoms with E-state index in [0.29, 0.717) is 11.6 Å². The van der Waals surface area contributed by atoms with Gasteiger partial charge in [-0.1, -0.05) is 6.92 Å². The average Bonchev–Trinajstić information content (AvgIpc) is 2.53. The van der Waals surface area contributed by atoms with E-state index < -0.39 is 0 Å². The summed E-state index contributed by atoms with van der Waals surface area (Å²) in [6.45, 7) is 3.87. The molecule has 1 amide bonds. The molecule has 0 unspecified atom stereocenters. The Morgan fingerprint density at radius 2 is 2.54 bits per heavy atom. The summed E-state index contributed by atoms with van der Waals surface area (Å²) in [6.07, 6.45) is 2.60. The van der Waals surface area contributed by atoms with E-state index in [0.717, 1.165) is 19.5 Å². The molecular formula is C8H12N4O. The minimum Gasteiger partial charge on any atom is -0.337 e. The normalized spacial score (nSPS) is 17.2. The standard InChI is InChI=1S/C8H12N4O/c1-2-6-4-12(5-6)8(13)7-3-9-11-10-7/h3,6H,2,4-5H2,1H3,(H,9,10,11). The van der Waals surface area contributed by atoms with Crippen molar-refractivity contribution < 1.29 is 4.79 Å². The van der Waals surface area contributed by atoms with Crippen molar-refractivity contribution >= 4 is 5.91 Å². The highest BCUT2D eigenvalue weighted by Gasteiger charge is 2.30. The molecule has 0 radical (unpaired) electrons. The first-order valence-corrected chi connectivity index (χ1v) is 4.46. The van der Waals surface area contributed by atoms with Gasteiger partial charge >= 0.3 is 0 Å². The number of amides is 1. The lowest BCUT2D eigenvalue weighted by Gasteiger charge is -2.38. The zero-order chi connectivity index (χ0) is 9.26. The molecule has 70 valence electrons. The fourth-order valence-electron chi connectivity index (χ4n) is 1.46. The van der Waals surface area contributed by atoms with Crippen LogP contribution in [-0.2, 0) is 0 Å². The second-order valence-electron chi connectivity index (χ2n) is 3.34. The van der Waals surface area contributed by atoms with Gasteiger partial charge in [0.15, 0.2) is 5.69 Å². The summed E-state index contributed by atoms with van der Waals surface area (Å²) in [6, 6.07) is 0. The maximum atomic E-state index is 11.6. The van der Waals surface area contributed by atoms with Gasteiger partial charge in [0.25, 0.3) is 5.91 Å². The Bertz CT molecular complexity index is 289. The summed E-state index contributed by atoms with van der Waals surface area (Å²) in [5, 5.41) is 9.77. The van der Waals surface area contributed by atoms with E-state index in [2.05, 4.69) is 22.3 Å². The van der Waals surface area contributed by atoms with Crippen LogP contribution in [0.5, 0.6) is 0 Å². The Kier molecular flexibility index (Phi) is 2.00. The van der Waals surface area contributed by atoms with E-state index in [4.69, 9.17) is 0 Å². The monoisotopic (exact) mass is 180 g/mol. The molecule has 0 aliphatic carbocycles. The molecule has 1 aliphatic rings. The van der Waals surface area contributed by atoms with Crippen molar-refractivity contribution in [3.8, 4) is 0 Å². The molecule has 1 saturated heterocycles. The second kappa shape index (κ2) is 3.16. The third kappa shape index (κ3) is 1.41. The van der Waals surface area contributed by atoms with Crippen molar-refractivity contribution in [3.05, 3.63) is 11.9 Å². The van der Waals surface area contributed by atoms with Gasteiger partial charge in [-0.2, -0.15) is 15.4 Å². The van der Waals surface area contributed by atoms with Gasteiger partial charge in [0, 0.05) is 13.1 Å². The van der Waals surface area contributed by atoms with Crippen molar-refractivity contribution in [2.45, 2.75) is 13.3 Å². The highest BCUT2D eigenvalue weighted by molar-refractivity contribution is 5.92. The van der Waals surface area contributed by atoms with Crippen LogP contribution < -0.4 is 0 Å². The van der Waals surface area contributed by atoms with E-state index >= 15 is 0 Å². The van der Waals surface area contributed by atoms with E-state index in [9.17, 15) is 4.79 Å². The summed E-state index contributed by atoms with van der Waals surface area (Å²) in [4.78, 5) is 13.4. The van der Waals surface area contributed by atoms with Crippen molar-refractivity contribution in [1.29, 1.82) is 0 Å². The predicted molar refractivity (Wildman–Crippen MR) is 46.1 cm³/mol. The number of aromatic amines is 1. The lowest BCUT2D eigenvalue weighted by atomic mass is 9.97. The number of nitrogens with zero attached hydrogens (tertiary/aromatic N) is 3. The van der Waals surface area contributed by atoms with Crippen LogP contribution >= 0.6 is 0 Å². The number of likely N-dealkylation sites (tertiary alicyclic amines) is 1. The largest absolute Gasteiger partial charge is 0.337 e. The molecule has 0 aromatic carbocycles. The van der Waals surface area contributed by atoms with Crippen LogP contribution in [0, 0.1) is 5.92 Å². The summed E-state index contributed by atoms with van der Waals surface area (Å²) >= 11 is 0. The van der Waals surface area contributed by atoms with Crippen molar-refractivity contribution in [2.75, 3.05) is 13.1 Å². The fourth-order valence-corrected chi connectivity index (χ4v) is 1.46. The Hall–Kier alpha value is -1.39. The second-order valence-corrected chi connectivity index (χ2v) is 3.34. The van der Waals surface area contributed by atoms with E-state index in [1.807, 2.05) is 0 Å². The van der Waals surface area contributed by atoms with Crippen LogP contribution in [0.25, 0.3) is 0 Å². The Morgan fingerprint density at radius 3 is 3.08 bits per heavy atom. The number of aromatic nitrogens is 3. The van der Waals surface area contributed by atoms with Gasteiger partial charge in [-0.15, -0.1) is 0 Å². The maximum Gasteiger partial charge on any atom is 0.276 e. The van der Waals surface area contributed by atoms with Gasteiger partial charge in [-0.3, -0.25) is 4.79 Å². The summed E-state index contributed by atoms with van der Waals surface area (Å²) in [5.41, 5.74) is 0.412. The molecule has 0 bridgehead atoms. The molecular weight excluding hydrogens is 168 g/mol. The van der Waals surface area contributed by atoms with E-state index in [-0.39, 0.29) is 5.91 Å². The van der Waals surface area contributed by atoms with Gasteiger partial charge in [0.05, 0.1) is 6.20 Å². The Balaban J connectivity index is 1.94. The molecule has 1 N–H and O–H groups in total. The topological polar surface area (TPSA) is 61.9 Å². The van der Waals surface area contributed by atoms with E-state index in [1.165, 1.54) is 6.20 Å². The molecule has 2 heterocycles. The number of hydrogen-bond donors (Lipinski definition) is 1. The molecule has 0 saturated carbocycles. The first kappa shape index (κ1) is 8.22. The van der Waals surface area contributed by atoms with Crippen LogP contribution in [0.2, 0.25) is 0 Å².